The first kappa shape index (κ1) is 12.8. The van der Waals surface area contributed by atoms with Gasteiger partial charge in [0.25, 0.3) is 5.56 Å². The lowest BCUT2D eigenvalue weighted by Crippen LogP contribution is -2.26. The Morgan fingerprint density at radius 2 is 1.89 bits per heavy atom. The van der Waals surface area contributed by atoms with E-state index in [1.165, 1.54) is 0 Å². The van der Waals surface area contributed by atoms with Gasteiger partial charge in [0.1, 0.15) is 10.3 Å². The molecule has 1 aromatic heterocycles. The number of aromatic hydroxyl groups is 1. The van der Waals surface area contributed by atoms with Crippen molar-refractivity contribution in [2.75, 3.05) is 0 Å². The second-order valence-corrected chi connectivity index (χ2v) is 5.34. The molecule has 0 saturated heterocycles. The van der Waals surface area contributed by atoms with Gasteiger partial charge in [-0.2, -0.15) is 4.98 Å². The predicted molar refractivity (Wildman–Crippen MR) is 72.8 cm³/mol. The summed E-state index contributed by atoms with van der Waals surface area (Å²) < 4.78 is 0.0510. The van der Waals surface area contributed by atoms with Crippen molar-refractivity contribution in [2.45, 2.75) is 19.3 Å². The zero-order chi connectivity index (χ0) is 13.3. The van der Waals surface area contributed by atoms with E-state index in [1.807, 2.05) is 44.2 Å². The summed E-state index contributed by atoms with van der Waals surface area (Å²) in [6, 6.07) is 9.69. The normalized spacial score (nSPS) is 11.5. The van der Waals surface area contributed by atoms with E-state index in [1.54, 1.807) is 0 Å². The van der Waals surface area contributed by atoms with Crippen LogP contribution in [0.1, 0.15) is 25.2 Å². The van der Waals surface area contributed by atoms with Gasteiger partial charge in [-0.05, 0) is 35.3 Å². The number of rotatable bonds is 2. The predicted octanol–water partition coefficient (Wildman–Crippen LogP) is 2.56. The highest BCUT2D eigenvalue weighted by molar-refractivity contribution is 9.10. The van der Waals surface area contributed by atoms with E-state index in [9.17, 15) is 9.90 Å². The van der Waals surface area contributed by atoms with Gasteiger partial charge in [-0.3, -0.25) is 4.79 Å². The van der Waals surface area contributed by atoms with Crippen molar-refractivity contribution in [1.29, 1.82) is 0 Å². The highest BCUT2D eigenvalue weighted by Gasteiger charge is 2.27. The lowest BCUT2D eigenvalue weighted by Gasteiger charge is -2.24. The van der Waals surface area contributed by atoms with Crippen LogP contribution in [0.4, 0.5) is 0 Å². The number of hydrogen-bond donors (Lipinski definition) is 2. The molecule has 5 heteroatoms. The molecule has 0 aliphatic carbocycles. The molecule has 0 spiro atoms. The molecule has 0 aliphatic heterocycles. The van der Waals surface area contributed by atoms with E-state index in [4.69, 9.17) is 0 Å². The quantitative estimate of drug-likeness (QED) is 0.896. The van der Waals surface area contributed by atoms with Crippen LogP contribution in [0.25, 0.3) is 0 Å². The Bertz CT molecular complexity index is 621. The first-order valence-electron chi connectivity index (χ1n) is 5.47. The monoisotopic (exact) mass is 308 g/mol. The van der Waals surface area contributed by atoms with Crippen molar-refractivity contribution in [2.24, 2.45) is 0 Å². The molecule has 18 heavy (non-hydrogen) atoms. The van der Waals surface area contributed by atoms with E-state index in [0.29, 0.717) is 5.82 Å². The van der Waals surface area contributed by atoms with Gasteiger partial charge in [-0.15, -0.1) is 0 Å². The van der Waals surface area contributed by atoms with E-state index in [-0.39, 0.29) is 15.9 Å². The molecular weight excluding hydrogens is 296 g/mol. The summed E-state index contributed by atoms with van der Waals surface area (Å²) in [6.07, 6.45) is 0. The third kappa shape index (κ3) is 2.18. The SMILES string of the molecule is CC(C)(c1ccccc1)c1nc(O)c(Br)c(=O)[nH]1. The molecular formula is C13H13BrN2O2. The van der Waals surface area contributed by atoms with Gasteiger partial charge in [0, 0.05) is 5.41 Å². The summed E-state index contributed by atoms with van der Waals surface area (Å²) in [5.74, 6) is 0.136. The summed E-state index contributed by atoms with van der Waals surface area (Å²) >= 11 is 2.98. The van der Waals surface area contributed by atoms with Crippen LogP contribution in [0.2, 0.25) is 0 Å². The van der Waals surface area contributed by atoms with Crippen molar-refractivity contribution in [1.82, 2.24) is 9.97 Å². The fourth-order valence-electron chi connectivity index (χ4n) is 1.73. The molecule has 2 rings (SSSR count). The molecule has 1 aromatic carbocycles. The number of aromatic nitrogens is 2. The molecule has 0 aliphatic rings. The van der Waals surface area contributed by atoms with Gasteiger partial charge < -0.3 is 10.1 Å². The lowest BCUT2D eigenvalue weighted by molar-refractivity contribution is 0.435. The first-order valence-corrected chi connectivity index (χ1v) is 6.27. The topological polar surface area (TPSA) is 66.0 Å². The Hall–Kier alpha value is -1.62. The van der Waals surface area contributed by atoms with E-state index >= 15 is 0 Å². The Kier molecular flexibility index (Phi) is 3.26. The largest absolute Gasteiger partial charge is 0.492 e. The van der Waals surface area contributed by atoms with Crippen LogP contribution in [0.3, 0.4) is 0 Å². The van der Waals surface area contributed by atoms with Crippen LogP contribution in [0.15, 0.2) is 39.6 Å². The molecule has 0 unspecified atom stereocenters. The zero-order valence-electron chi connectivity index (χ0n) is 10.1. The van der Waals surface area contributed by atoms with Gasteiger partial charge >= 0.3 is 0 Å². The van der Waals surface area contributed by atoms with E-state index in [2.05, 4.69) is 25.9 Å². The summed E-state index contributed by atoms with van der Waals surface area (Å²) in [4.78, 5) is 18.4. The van der Waals surface area contributed by atoms with Gasteiger partial charge in [0.2, 0.25) is 5.88 Å². The second kappa shape index (κ2) is 4.57. The summed E-state index contributed by atoms with van der Waals surface area (Å²) in [5, 5.41) is 9.61. The summed E-state index contributed by atoms with van der Waals surface area (Å²) in [7, 11) is 0. The smallest absolute Gasteiger partial charge is 0.269 e. The van der Waals surface area contributed by atoms with E-state index in [0.717, 1.165) is 5.56 Å². The van der Waals surface area contributed by atoms with Crippen LogP contribution in [0.5, 0.6) is 5.88 Å². The van der Waals surface area contributed by atoms with Crippen molar-refractivity contribution in [3.05, 3.63) is 56.5 Å². The van der Waals surface area contributed by atoms with E-state index < -0.39 is 5.41 Å². The molecule has 94 valence electrons. The number of hydrogen-bond acceptors (Lipinski definition) is 3. The van der Waals surface area contributed by atoms with Crippen LogP contribution < -0.4 is 5.56 Å². The third-order valence-corrected chi connectivity index (χ3v) is 3.65. The number of aromatic amines is 1. The number of benzene rings is 1. The maximum Gasteiger partial charge on any atom is 0.269 e. The highest BCUT2D eigenvalue weighted by Crippen LogP contribution is 2.29. The Morgan fingerprint density at radius 1 is 1.28 bits per heavy atom. The van der Waals surface area contributed by atoms with Crippen molar-refractivity contribution in [3.8, 4) is 5.88 Å². The van der Waals surface area contributed by atoms with Crippen molar-refractivity contribution < 1.29 is 5.11 Å². The molecule has 0 atom stereocenters. The third-order valence-electron chi connectivity index (χ3n) is 2.93. The van der Waals surface area contributed by atoms with Crippen molar-refractivity contribution in [3.63, 3.8) is 0 Å². The molecule has 0 saturated carbocycles. The summed E-state index contributed by atoms with van der Waals surface area (Å²) in [6.45, 7) is 3.88. The van der Waals surface area contributed by atoms with Gasteiger partial charge in [-0.25, -0.2) is 0 Å². The number of H-pyrrole nitrogens is 1. The lowest BCUT2D eigenvalue weighted by atomic mass is 9.84. The standard InChI is InChI=1S/C13H13BrN2O2/c1-13(2,8-6-4-3-5-7-8)12-15-10(17)9(14)11(18)16-12/h3-7H,1-2H3,(H2,15,16,17,18). The molecule has 1 heterocycles. The van der Waals surface area contributed by atoms with Crippen LogP contribution >= 0.6 is 15.9 Å². The minimum absolute atomic E-state index is 0.0510. The second-order valence-electron chi connectivity index (χ2n) is 4.54. The summed E-state index contributed by atoms with van der Waals surface area (Å²) in [5.41, 5.74) is 0.134. The average Bonchev–Trinajstić information content (AvgIpc) is 2.36. The highest BCUT2D eigenvalue weighted by atomic mass is 79.9. The number of halogens is 1. The zero-order valence-corrected chi connectivity index (χ0v) is 11.7. The molecule has 2 N–H and O–H groups in total. The molecule has 4 nitrogen and oxygen atoms in total. The molecule has 0 amide bonds. The molecule has 0 fully saturated rings. The minimum Gasteiger partial charge on any atom is -0.492 e. The van der Waals surface area contributed by atoms with Gasteiger partial charge in [0.15, 0.2) is 0 Å². The fourth-order valence-corrected chi connectivity index (χ4v) is 1.92. The average molecular weight is 309 g/mol. The molecule has 0 bridgehead atoms. The van der Waals surface area contributed by atoms with Crippen LogP contribution in [-0.2, 0) is 5.41 Å². The number of nitrogens with one attached hydrogen (secondary N) is 1. The first-order chi connectivity index (χ1) is 8.43. The minimum atomic E-state index is -0.488. The Labute approximate surface area is 113 Å². The maximum absolute atomic E-state index is 11.6. The maximum atomic E-state index is 11.6. The Balaban J connectivity index is 2.58. The van der Waals surface area contributed by atoms with Crippen LogP contribution in [0, 0.1) is 0 Å². The van der Waals surface area contributed by atoms with Gasteiger partial charge in [-0.1, -0.05) is 30.3 Å². The fraction of sp³-hybridized carbons (Fsp3) is 0.231. The van der Waals surface area contributed by atoms with Gasteiger partial charge in [0.05, 0.1) is 0 Å². The van der Waals surface area contributed by atoms with Crippen LogP contribution in [-0.4, -0.2) is 15.1 Å². The Morgan fingerprint density at radius 3 is 2.44 bits per heavy atom. The number of nitrogens with zero attached hydrogens (tertiary/aromatic N) is 1. The molecule has 2 aromatic rings. The molecule has 0 radical (unpaired) electrons. The van der Waals surface area contributed by atoms with Crippen molar-refractivity contribution >= 4 is 15.9 Å².